The first-order valence-electron chi connectivity index (χ1n) is 6.85. The van der Waals surface area contributed by atoms with E-state index in [0.717, 1.165) is 41.9 Å². The highest BCUT2D eigenvalue weighted by Gasteiger charge is 2.19. The molecule has 1 aromatic heterocycles. The molecule has 2 aromatic rings. The number of hydrogen-bond donors (Lipinski definition) is 0. The van der Waals surface area contributed by atoms with Crippen LogP contribution < -0.4 is 5.56 Å². The van der Waals surface area contributed by atoms with Crippen molar-refractivity contribution in [3.05, 3.63) is 52.1 Å². The van der Waals surface area contributed by atoms with Gasteiger partial charge in [0.1, 0.15) is 5.82 Å². The van der Waals surface area contributed by atoms with E-state index in [0.29, 0.717) is 0 Å². The van der Waals surface area contributed by atoms with Gasteiger partial charge in [-0.3, -0.25) is 9.36 Å². The molecule has 98 valence electrons. The molecule has 1 aromatic carbocycles. The summed E-state index contributed by atoms with van der Waals surface area (Å²) in [7, 11) is 0. The highest BCUT2D eigenvalue weighted by molar-refractivity contribution is 5.62. The molecule has 0 saturated carbocycles. The first-order chi connectivity index (χ1) is 9.16. The van der Waals surface area contributed by atoms with Crippen molar-refractivity contribution in [2.24, 2.45) is 0 Å². The van der Waals surface area contributed by atoms with Crippen molar-refractivity contribution < 1.29 is 0 Å². The topological polar surface area (TPSA) is 34.9 Å². The van der Waals surface area contributed by atoms with E-state index in [1.807, 2.05) is 22.8 Å². The molecule has 0 fully saturated rings. The Morgan fingerprint density at radius 3 is 2.89 bits per heavy atom. The molecule has 2 heterocycles. The zero-order chi connectivity index (χ0) is 13.4. The molecule has 0 amide bonds. The number of aromatic nitrogens is 2. The Balaban J connectivity index is 2.18. The fourth-order valence-electron chi connectivity index (χ4n) is 2.87. The molecule has 0 N–H and O–H groups in total. The van der Waals surface area contributed by atoms with Crippen LogP contribution in [0.25, 0.3) is 11.3 Å². The van der Waals surface area contributed by atoms with Crippen LogP contribution in [0.5, 0.6) is 0 Å². The lowest BCUT2D eigenvalue weighted by molar-refractivity contribution is 0.405. The van der Waals surface area contributed by atoms with Gasteiger partial charge in [-0.15, -0.1) is 0 Å². The predicted molar refractivity (Wildman–Crippen MR) is 76.3 cm³/mol. The van der Waals surface area contributed by atoms with Crippen LogP contribution in [0.3, 0.4) is 0 Å². The third-order valence-corrected chi connectivity index (χ3v) is 3.91. The Kier molecular flexibility index (Phi) is 2.97. The molecule has 3 heteroatoms. The fraction of sp³-hybridized carbons (Fsp3) is 0.375. The van der Waals surface area contributed by atoms with Crippen molar-refractivity contribution in [3.8, 4) is 11.3 Å². The maximum absolute atomic E-state index is 12.3. The Bertz CT molecular complexity index is 673. The lowest BCUT2D eigenvalue weighted by Crippen LogP contribution is -2.30. The average Bonchev–Trinajstić information content (AvgIpc) is 2.39. The smallest absolute Gasteiger partial charge is 0.254 e. The Labute approximate surface area is 112 Å². The number of hydrogen-bond acceptors (Lipinski definition) is 2. The van der Waals surface area contributed by atoms with E-state index in [1.54, 1.807) is 6.07 Å². The minimum Gasteiger partial charge on any atom is -0.294 e. The van der Waals surface area contributed by atoms with Gasteiger partial charge in [0.2, 0.25) is 0 Å². The quantitative estimate of drug-likeness (QED) is 0.783. The maximum atomic E-state index is 12.3. The Hall–Kier alpha value is -1.90. The van der Waals surface area contributed by atoms with E-state index in [4.69, 9.17) is 4.98 Å². The highest BCUT2D eigenvalue weighted by atomic mass is 16.1. The monoisotopic (exact) mass is 254 g/mol. The molecular weight excluding hydrogens is 236 g/mol. The second-order valence-corrected chi connectivity index (χ2v) is 5.32. The van der Waals surface area contributed by atoms with Crippen LogP contribution in [-0.2, 0) is 6.42 Å². The summed E-state index contributed by atoms with van der Waals surface area (Å²) in [5.74, 6) is 0.935. The fourth-order valence-corrected chi connectivity index (χ4v) is 2.87. The van der Waals surface area contributed by atoms with Gasteiger partial charge in [0.25, 0.3) is 5.56 Å². The lowest BCUT2D eigenvalue weighted by Gasteiger charge is -2.24. The van der Waals surface area contributed by atoms with E-state index in [-0.39, 0.29) is 11.6 Å². The molecule has 0 bridgehead atoms. The molecule has 0 radical (unpaired) electrons. The van der Waals surface area contributed by atoms with Gasteiger partial charge in [0.15, 0.2) is 0 Å². The molecule has 1 aliphatic heterocycles. The van der Waals surface area contributed by atoms with Crippen molar-refractivity contribution in [3.63, 3.8) is 0 Å². The SMILES string of the molecule is Cc1ccccc1-c1cc(=O)n2c(n1)CCCC2C. The van der Waals surface area contributed by atoms with Gasteiger partial charge in [-0.25, -0.2) is 4.98 Å². The minimum atomic E-state index is 0.0791. The molecule has 3 rings (SSSR count). The van der Waals surface area contributed by atoms with E-state index in [9.17, 15) is 4.79 Å². The maximum Gasteiger partial charge on any atom is 0.254 e. The van der Waals surface area contributed by atoms with Crippen molar-refractivity contribution in [2.75, 3.05) is 0 Å². The van der Waals surface area contributed by atoms with Crippen LogP contribution >= 0.6 is 0 Å². The Morgan fingerprint density at radius 1 is 1.32 bits per heavy atom. The molecular formula is C16H18N2O. The summed E-state index contributed by atoms with van der Waals surface area (Å²) in [5, 5.41) is 0. The van der Waals surface area contributed by atoms with Gasteiger partial charge < -0.3 is 0 Å². The molecule has 3 nitrogen and oxygen atoms in total. The molecule has 0 saturated heterocycles. The largest absolute Gasteiger partial charge is 0.294 e. The number of rotatable bonds is 1. The summed E-state index contributed by atoms with van der Waals surface area (Å²) >= 11 is 0. The first-order valence-corrected chi connectivity index (χ1v) is 6.85. The molecule has 19 heavy (non-hydrogen) atoms. The summed E-state index contributed by atoms with van der Waals surface area (Å²) in [6.45, 7) is 4.15. The summed E-state index contributed by atoms with van der Waals surface area (Å²) in [5.41, 5.74) is 3.10. The summed E-state index contributed by atoms with van der Waals surface area (Å²) < 4.78 is 1.85. The number of fused-ring (bicyclic) bond motifs is 1. The molecule has 1 unspecified atom stereocenters. The summed E-state index contributed by atoms with van der Waals surface area (Å²) in [4.78, 5) is 17.0. The van der Waals surface area contributed by atoms with Crippen LogP contribution in [-0.4, -0.2) is 9.55 Å². The van der Waals surface area contributed by atoms with Crippen LogP contribution in [0.2, 0.25) is 0 Å². The van der Waals surface area contributed by atoms with E-state index < -0.39 is 0 Å². The summed E-state index contributed by atoms with van der Waals surface area (Å²) in [6.07, 6.45) is 3.09. The van der Waals surface area contributed by atoms with Crippen molar-refractivity contribution in [2.45, 2.75) is 39.2 Å². The van der Waals surface area contributed by atoms with Gasteiger partial charge in [0.05, 0.1) is 5.69 Å². The zero-order valence-electron chi connectivity index (χ0n) is 11.4. The van der Waals surface area contributed by atoms with Crippen LogP contribution in [0.1, 0.15) is 37.2 Å². The number of aryl methyl sites for hydroxylation is 2. The normalized spacial score (nSPS) is 18.1. The van der Waals surface area contributed by atoms with Gasteiger partial charge in [-0.2, -0.15) is 0 Å². The second kappa shape index (κ2) is 4.65. The van der Waals surface area contributed by atoms with Gasteiger partial charge >= 0.3 is 0 Å². The van der Waals surface area contributed by atoms with E-state index in [1.165, 1.54) is 0 Å². The second-order valence-electron chi connectivity index (χ2n) is 5.32. The lowest BCUT2D eigenvalue weighted by atomic mass is 10.0. The minimum absolute atomic E-state index is 0.0791. The third kappa shape index (κ3) is 2.09. The van der Waals surface area contributed by atoms with Crippen LogP contribution in [0, 0.1) is 6.92 Å². The van der Waals surface area contributed by atoms with Crippen LogP contribution in [0.15, 0.2) is 35.1 Å². The molecule has 1 aliphatic rings. The van der Waals surface area contributed by atoms with Crippen LogP contribution in [0.4, 0.5) is 0 Å². The van der Waals surface area contributed by atoms with E-state index in [2.05, 4.69) is 19.9 Å². The van der Waals surface area contributed by atoms with Gasteiger partial charge in [0, 0.05) is 24.1 Å². The molecule has 0 aliphatic carbocycles. The van der Waals surface area contributed by atoms with E-state index >= 15 is 0 Å². The van der Waals surface area contributed by atoms with Gasteiger partial charge in [-0.05, 0) is 32.3 Å². The zero-order valence-corrected chi connectivity index (χ0v) is 11.4. The standard InChI is InChI=1S/C16H18N2O/c1-11-6-3-4-8-13(11)14-10-16(19)18-12(2)7-5-9-15(18)17-14/h3-4,6,8,10,12H,5,7,9H2,1-2H3. The predicted octanol–water partition coefficient (Wildman–Crippen LogP) is 3.12. The van der Waals surface area contributed by atoms with Gasteiger partial charge in [-0.1, -0.05) is 24.3 Å². The van der Waals surface area contributed by atoms with Crippen molar-refractivity contribution in [1.29, 1.82) is 0 Å². The summed E-state index contributed by atoms with van der Waals surface area (Å²) in [6, 6.07) is 10.0. The number of benzene rings is 1. The Morgan fingerprint density at radius 2 is 2.11 bits per heavy atom. The third-order valence-electron chi connectivity index (χ3n) is 3.91. The van der Waals surface area contributed by atoms with Crippen molar-refractivity contribution in [1.82, 2.24) is 9.55 Å². The first kappa shape index (κ1) is 12.2. The average molecular weight is 254 g/mol. The highest BCUT2D eigenvalue weighted by Crippen LogP contribution is 2.25. The van der Waals surface area contributed by atoms with Crippen molar-refractivity contribution >= 4 is 0 Å². The molecule has 0 spiro atoms. The number of nitrogens with zero attached hydrogens (tertiary/aromatic N) is 2. The molecule has 1 atom stereocenters.